The first-order chi connectivity index (χ1) is 16.0. The molecule has 34 heavy (non-hydrogen) atoms. The second-order valence-electron chi connectivity index (χ2n) is 7.86. The van der Waals surface area contributed by atoms with Crippen LogP contribution in [0.5, 0.6) is 0 Å². The van der Waals surface area contributed by atoms with Crippen LogP contribution in [0.25, 0.3) is 0 Å². The van der Waals surface area contributed by atoms with Crippen molar-refractivity contribution in [2.24, 2.45) is 0 Å². The van der Waals surface area contributed by atoms with E-state index in [0.717, 1.165) is 18.2 Å². The Morgan fingerprint density at radius 2 is 1.91 bits per heavy atom. The molecule has 12 heteroatoms. The molecule has 2 aliphatic heterocycles. The molecule has 0 aliphatic carbocycles. The first-order valence-electron chi connectivity index (χ1n) is 10.1. The van der Waals surface area contributed by atoms with Gasteiger partial charge in [-0.1, -0.05) is 23.7 Å². The quantitative estimate of drug-likeness (QED) is 0.500. The molecule has 2 N–H and O–H groups in total. The Labute approximate surface area is 195 Å². The largest absolute Gasteiger partial charge is 0.412 e. The Bertz CT molecular complexity index is 1220. The first-order valence-corrected chi connectivity index (χ1v) is 10.4. The zero-order valence-corrected chi connectivity index (χ0v) is 18.0. The Balaban J connectivity index is 1.57. The van der Waals surface area contributed by atoms with Gasteiger partial charge in [-0.2, -0.15) is 13.2 Å². The Kier molecular flexibility index (Phi) is 6.07. The summed E-state index contributed by atoms with van der Waals surface area (Å²) in [5.74, 6) is -3.72. The highest BCUT2D eigenvalue weighted by molar-refractivity contribution is 6.31. The van der Waals surface area contributed by atoms with E-state index in [9.17, 15) is 36.7 Å². The maximum atomic E-state index is 13.7. The summed E-state index contributed by atoms with van der Waals surface area (Å²) in [5.41, 5.74) is -0.280. The highest BCUT2D eigenvalue weighted by Crippen LogP contribution is 2.37. The summed E-state index contributed by atoms with van der Waals surface area (Å²) in [4.78, 5) is 50.2. The Morgan fingerprint density at radius 3 is 2.59 bits per heavy atom. The summed E-state index contributed by atoms with van der Waals surface area (Å²) < 4.78 is 54.7. The van der Waals surface area contributed by atoms with Crippen LogP contribution in [0.15, 0.2) is 36.4 Å². The van der Waals surface area contributed by atoms with Crippen LogP contribution < -0.4 is 10.6 Å². The average Bonchev–Trinajstić information content (AvgIpc) is 3.09. The summed E-state index contributed by atoms with van der Waals surface area (Å²) in [6.45, 7) is -0.0556. The van der Waals surface area contributed by atoms with E-state index in [0.29, 0.717) is 5.56 Å². The fourth-order valence-corrected chi connectivity index (χ4v) is 4.24. The lowest BCUT2D eigenvalue weighted by Gasteiger charge is -2.29. The van der Waals surface area contributed by atoms with Crippen molar-refractivity contribution in [3.8, 4) is 0 Å². The van der Waals surface area contributed by atoms with Gasteiger partial charge in [0.15, 0.2) is 6.04 Å². The molecule has 1 fully saturated rings. The number of amides is 4. The van der Waals surface area contributed by atoms with Crippen molar-refractivity contribution in [2.45, 2.75) is 37.6 Å². The molecule has 7 nitrogen and oxygen atoms in total. The number of imide groups is 1. The molecule has 2 aliphatic rings. The van der Waals surface area contributed by atoms with E-state index in [-0.39, 0.29) is 30.5 Å². The fraction of sp³-hybridized carbons (Fsp3) is 0.273. The molecule has 2 unspecified atom stereocenters. The topological polar surface area (TPSA) is 95.6 Å². The first kappa shape index (κ1) is 23.7. The maximum Gasteiger partial charge on any atom is 0.412 e. The summed E-state index contributed by atoms with van der Waals surface area (Å²) in [6.07, 6.45) is -4.77. The number of rotatable bonds is 4. The van der Waals surface area contributed by atoms with Gasteiger partial charge >= 0.3 is 6.18 Å². The predicted molar refractivity (Wildman–Crippen MR) is 110 cm³/mol. The molecule has 4 rings (SSSR count). The van der Waals surface area contributed by atoms with Crippen LogP contribution in [0.3, 0.4) is 0 Å². The number of nitrogens with one attached hydrogen (secondary N) is 2. The summed E-state index contributed by atoms with van der Waals surface area (Å²) in [6, 6.07) is 3.19. The van der Waals surface area contributed by atoms with Crippen molar-refractivity contribution in [3.05, 3.63) is 69.5 Å². The molecule has 0 radical (unpaired) electrons. The van der Waals surface area contributed by atoms with Crippen LogP contribution in [0.4, 0.5) is 17.6 Å². The number of fused-ring (bicyclic) bond motifs is 1. The summed E-state index contributed by atoms with van der Waals surface area (Å²) in [7, 11) is 0. The standard InChI is InChI=1S/C22H16ClF4N3O4/c23-17-13(2-1-3-14(17)24)18(22(25,26)27)29-19(32)10-4-5-12-11(8-10)9-30(21(12)34)15-6-7-16(31)28-20(15)33/h1-5,8,15,18H,6-7,9H2,(H,29,32)(H,28,31,33). The second-order valence-corrected chi connectivity index (χ2v) is 8.24. The lowest BCUT2D eigenvalue weighted by Crippen LogP contribution is -2.52. The van der Waals surface area contributed by atoms with Gasteiger partial charge in [0.05, 0.1) is 5.02 Å². The van der Waals surface area contributed by atoms with Crippen molar-refractivity contribution in [1.82, 2.24) is 15.5 Å². The minimum atomic E-state index is -4.97. The number of nitrogens with zero attached hydrogens (tertiary/aromatic N) is 1. The molecule has 0 bridgehead atoms. The normalized spacial score (nSPS) is 19.0. The molecule has 178 valence electrons. The molecular weight excluding hydrogens is 482 g/mol. The Hall–Kier alpha value is -3.47. The molecule has 0 saturated carbocycles. The van der Waals surface area contributed by atoms with Gasteiger partial charge in [-0.25, -0.2) is 4.39 Å². The SMILES string of the molecule is O=C1CCC(N2Cc3cc(C(=O)NC(c4cccc(F)c4Cl)C(F)(F)F)ccc3C2=O)C(=O)N1. The molecule has 0 spiro atoms. The van der Waals surface area contributed by atoms with E-state index in [2.05, 4.69) is 5.32 Å². The van der Waals surface area contributed by atoms with Gasteiger partial charge in [-0.15, -0.1) is 0 Å². The van der Waals surface area contributed by atoms with Crippen LogP contribution >= 0.6 is 11.6 Å². The lowest BCUT2D eigenvalue weighted by molar-refractivity contribution is -0.155. The molecule has 1 saturated heterocycles. The highest BCUT2D eigenvalue weighted by atomic mass is 35.5. The third kappa shape index (κ3) is 4.35. The molecule has 2 aromatic rings. The predicted octanol–water partition coefficient (Wildman–Crippen LogP) is 3.27. The second kappa shape index (κ2) is 8.71. The summed E-state index contributed by atoms with van der Waals surface area (Å²) in [5, 5.41) is 3.23. The van der Waals surface area contributed by atoms with E-state index < -0.39 is 58.3 Å². The van der Waals surface area contributed by atoms with Crippen molar-refractivity contribution in [2.75, 3.05) is 0 Å². The van der Waals surface area contributed by atoms with Crippen LogP contribution in [0.1, 0.15) is 50.7 Å². The van der Waals surface area contributed by atoms with Gasteiger partial charge < -0.3 is 10.2 Å². The minimum Gasteiger partial charge on any atom is -0.337 e. The monoisotopic (exact) mass is 497 g/mol. The van der Waals surface area contributed by atoms with Crippen LogP contribution in [0.2, 0.25) is 5.02 Å². The van der Waals surface area contributed by atoms with Crippen LogP contribution in [0, 0.1) is 5.82 Å². The van der Waals surface area contributed by atoms with E-state index >= 15 is 0 Å². The van der Waals surface area contributed by atoms with Gasteiger partial charge in [0.1, 0.15) is 11.9 Å². The van der Waals surface area contributed by atoms with E-state index in [1.54, 1.807) is 0 Å². The number of piperidine rings is 1. The molecule has 4 amide bonds. The van der Waals surface area contributed by atoms with Gasteiger partial charge in [0.25, 0.3) is 11.8 Å². The smallest absolute Gasteiger partial charge is 0.337 e. The van der Waals surface area contributed by atoms with Crippen molar-refractivity contribution in [3.63, 3.8) is 0 Å². The molecule has 2 heterocycles. The maximum absolute atomic E-state index is 13.7. The molecular formula is C22H16ClF4N3O4. The average molecular weight is 498 g/mol. The molecule has 2 aromatic carbocycles. The number of hydrogen-bond acceptors (Lipinski definition) is 4. The zero-order chi connectivity index (χ0) is 24.8. The van der Waals surface area contributed by atoms with E-state index in [1.807, 2.05) is 5.32 Å². The van der Waals surface area contributed by atoms with Gasteiger partial charge in [-0.3, -0.25) is 24.5 Å². The number of carbonyl (C=O) groups is 4. The molecule has 0 aromatic heterocycles. The fourth-order valence-electron chi connectivity index (χ4n) is 4.01. The van der Waals surface area contributed by atoms with Crippen molar-refractivity contribution >= 4 is 35.2 Å². The Morgan fingerprint density at radius 1 is 1.18 bits per heavy atom. The van der Waals surface area contributed by atoms with Gasteiger partial charge in [0.2, 0.25) is 11.8 Å². The number of halogens is 5. The third-order valence-corrected chi connectivity index (χ3v) is 6.08. The minimum absolute atomic E-state index is 0.0556. The van der Waals surface area contributed by atoms with Crippen LogP contribution in [-0.4, -0.2) is 40.7 Å². The van der Waals surface area contributed by atoms with Crippen molar-refractivity contribution < 1.29 is 36.7 Å². The van der Waals surface area contributed by atoms with E-state index in [4.69, 9.17) is 11.6 Å². The number of alkyl halides is 3. The lowest BCUT2D eigenvalue weighted by atomic mass is 10.0. The summed E-state index contributed by atoms with van der Waals surface area (Å²) >= 11 is 5.70. The van der Waals surface area contributed by atoms with Crippen LogP contribution in [-0.2, 0) is 16.1 Å². The number of benzene rings is 2. The zero-order valence-electron chi connectivity index (χ0n) is 17.2. The number of carbonyl (C=O) groups excluding carboxylic acids is 4. The van der Waals surface area contributed by atoms with Gasteiger partial charge in [0, 0.05) is 29.7 Å². The number of hydrogen-bond donors (Lipinski definition) is 2. The third-order valence-electron chi connectivity index (χ3n) is 5.68. The van der Waals surface area contributed by atoms with Gasteiger partial charge in [-0.05, 0) is 36.2 Å². The van der Waals surface area contributed by atoms with E-state index in [1.165, 1.54) is 23.1 Å². The highest BCUT2D eigenvalue weighted by Gasteiger charge is 2.44. The van der Waals surface area contributed by atoms with Crippen molar-refractivity contribution in [1.29, 1.82) is 0 Å². The molecule has 2 atom stereocenters.